The van der Waals surface area contributed by atoms with Crippen LogP contribution in [0.2, 0.25) is 0 Å². The Balaban J connectivity index is 2.00. The van der Waals surface area contributed by atoms with E-state index in [1.165, 1.54) is 11.0 Å². The smallest absolute Gasteiger partial charge is 0.354 e. The highest BCUT2D eigenvalue weighted by Gasteiger charge is 2.42. The molecule has 0 N–H and O–H groups in total. The highest BCUT2D eigenvalue weighted by molar-refractivity contribution is 5.93. The topological polar surface area (TPSA) is 32.0 Å². The van der Waals surface area contributed by atoms with Gasteiger partial charge in [-0.1, -0.05) is 12.2 Å². The second-order valence-electron chi connectivity index (χ2n) is 7.76. The first kappa shape index (κ1) is 19.6. The van der Waals surface area contributed by atoms with Gasteiger partial charge in [-0.2, -0.15) is 18.4 Å². The van der Waals surface area contributed by atoms with Crippen LogP contribution < -0.4 is 0 Å². The second kappa shape index (κ2) is 6.94. The molecule has 1 aliphatic heterocycles. The summed E-state index contributed by atoms with van der Waals surface area (Å²) in [6.07, 6.45) is 3.38. The van der Waals surface area contributed by atoms with E-state index in [-0.39, 0.29) is 18.2 Å². The minimum absolute atomic E-state index is 0.0920. The molecule has 1 aromatic heterocycles. The zero-order valence-electron chi connectivity index (χ0n) is 16.2. The number of nitrogens with zero attached hydrogens (tertiary/aromatic N) is 3. The standard InChI is InChI=1S/C22H21F4N3/c1-13-10-20-16(11-18(13)23)17(12-27)21(29(20)15-6-5-7-15)19-8-3-4-9-28(19)14(2)22(24,25)26/h3-4,8,10-11,14-15H,5-7,9H2,1-2H3/t14-/m0/s1. The van der Waals surface area contributed by atoms with Crippen molar-refractivity contribution in [3.63, 3.8) is 0 Å². The van der Waals surface area contributed by atoms with Gasteiger partial charge in [0, 0.05) is 18.0 Å². The van der Waals surface area contributed by atoms with E-state index in [9.17, 15) is 22.8 Å². The van der Waals surface area contributed by atoms with Gasteiger partial charge in [-0.05, 0) is 56.9 Å². The maximum atomic E-state index is 14.3. The quantitative estimate of drug-likeness (QED) is 0.602. The summed E-state index contributed by atoms with van der Waals surface area (Å²) in [6.45, 7) is 2.87. The van der Waals surface area contributed by atoms with Gasteiger partial charge in [-0.25, -0.2) is 4.39 Å². The van der Waals surface area contributed by atoms with Crippen LogP contribution in [-0.2, 0) is 0 Å². The van der Waals surface area contributed by atoms with Crippen molar-refractivity contribution in [2.24, 2.45) is 0 Å². The van der Waals surface area contributed by atoms with Gasteiger partial charge in [0.1, 0.15) is 17.9 Å². The van der Waals surface area contributed by atoms with Gasteiger partial charge in [-0.15, -0.1) is 0 Å². The van der Waals surface area contributed by atoms with Crippen LogP contribution in [0.25, 0.3) is 16.6 Å². The van der Waals surface area contributed by atoms with E-state index in [0.717, 1.165) is 26.2 Å². The molecule has 1 aromatic carbocycles. The molecule has 2 aromatic rings. The highest BCUT2D eigenvalue weighted by Crippen LogP contribution is 2.43. The third-order valence-corrected chi connectivity index (χ3v) is 6.02. The first-order valence-electron chi connectivity index (χ1n) is 9.68. The summed E-state index contributed by atoms with van der Waals surface area (Å²) in [5.74, 6) is -0.427. The summed E-state index contributed by atoms with van der Waals surface area (Å²) < 4.78 is 56.9. The lowest BCUT2D eigenvalue weighted by Crippen LogP contribution is -2.43. The first-order chi connectivity index (χ1) is 13.7. The number of allylic oxidation sites excluding steroid dienone is 2. The molecule has 0 bridgehead atoms. The Morgan fingerprint density at radius 1 is 1.24 bits per heavy atom. The molecule has 2 aliphatic rings. The first-order valence-corrected chi connectivity index (χ1v) is 9.68. The minimum Gasteiger partial charge on any atom is -0.354 e. The molecule has 3 nitrogen and oxygen atoms in total. The number of alkyl halides is 3. The average molecular weight is 403 g/mol. The SMILES string of the molecule is Cc1cc2c(cc1F)c(C#N)c(C1=CC=CCN1[C@@H](C)C(F)(F)F)n2C1CCC1. The van der Waals surface area contributed by atoms with Gasteiger partial charge >= 0.3 is 6.18 Å². The van der Waals surface area contributed by atoms with Gasteiger partial charge in [0.2, 0.25) is 0 Å². The predicted octanol–water partition coefficient (Wildman–Crippen LogP) is 5.85. The molecule has 0 saturated heterocycles. The zero-order chi connectivity index (χ0) is 20.9. The number of nitriles is 1. The van der Waals surface area contributed by atoms with E-state index >= 15 is 0 Å². The number of aromatic nitrogens is 1. The summed E-state index contributed by atoms with van der Waals surface area (Å²) in [4.78, 5) is 1.27. The van der Waals surface area contributed by atoms with E-state index in [1.807, 2.05) is 4.57 Å². The molecule has 152 valence electrons. The third kappa shape index (κ3) is 3.11. The summed E-state index contributed by atoms with van der Waals surface area (Å²) in [5.41, 5.74) is 2.19. The Morgan fingerprint density at radius 2 is 1.97 bits per heavy atom. The number of rotatable bonds is 3. The van der Waals surface area contributed by atoms with E-state index in [1.54, 1.807) is 31.2 Å². The van der Waals surface area contributed by atoms with E-state index in [2.05, 4.69) is 6.07 Å². The molecule has 4 rings (SSSR count). The van der Waals surface area contributed by atoms with Gasteiger partial charge < -0.3 is 9.47 Å². The Labute approximate surface area is 166 Å². The zero-order valence-corrected chi connectivity index (χ0v) is 16.2. The molecular formula is C22H21F4N3. The van der Waals surface area contributed by atoms with Gasteiger partial charge in [0.05, 0.1) is 22.5 Å². The van der Waals surface area contributed by atoms with Gasteiger partial charge in [-0.3, -0.25) is 0 Å². The van der Waals surface area contributed by atoms with Crippen molar-refractivity contribution in [3.8, 4) is 6.07 Å². The number of fused-ring (bicyclic) bond motifs is 1. The minimum atomic E-state index is -4.41. The molecule has 0 amide bonds. The molecule has 1 saturated carbocycles. The number of hydrogen-bond acceptors (Lipinski definition) is 2. The third-order valence-electron chi connectivity index (χ3n) is 6.02. The van der Waals surface area contributed by atoms with Crippen molar-refractivity contribution in [2.75, 3.05) is 6.54 Å². The van der Waals surface area contributed by atoms with Crippen molar-refractivity contribution < 1.29 is 17.6 Å². The maximum Gasteiger partial charge on any atom is 0.408 e. The van der Waals surface area contributed by atoms with Crippen LogP contribution in [0.1, 0.15) is 49.0 Å². The summed E-state index contributed by atoms with van der Waals surface area (Å²) in [6, 6.07) is 3.55. The Bertz CT molecular complexity index is 1060. The molecule has 29 heavy (non-hydrogen) atoms. The number of benzene rings is 1. The van der Waals surface area contributed by atoms with Gasteiger partial charge in [0.15, 0.2) is 0 Å². The number of hydrogen-bond donors (Lipinski definition) is 0. The maximum absolute atomic E-state index is 14.3. The van der Waals surface area contributed by atoms with Gasteiger partial charge in [0.25, 0.3) is 0 Å². The molecule has 2 heterocycles. The lowest BCUT2D eigenvalue weighted by molar-refractivity contribution is -0.169. The van der Waals surface area contributed by atoms with Crippen molar-refractivity contribution in [1.82, 2.24) is 9.47 Å². The Morgan fingerprint density at radius 3 is 2.55 bits per heavy atom. The van der Waals surface area contributed by atoms with Crippen LogP contribution in [0.5, 0.6) is 0 Å². The van der Waals surface area contributed by atoms with Crippen LogP contribution in [0, 0.1) is 24.1 Å². The van der Waals surface area contributed by atoms with E-state index in [4.69, 9.17) is 0 Å². The van der Waals surface area contributed by atoms with Crippen molar-refractivity contribution >= 4 is 16.6 Å². The van der Waals surface area contributed by atoms with Crippen molar-refractivity contribution in [1.29, 1.82) is 5.26 Å². The fraction of sp³-hybridized carbons (Fsp3) is 0.409. The molecule has 1 atom stereocenters. The molecule has 0 spiro atoms. The largest absolute Gasteiger partial charge is 0.408 e. The monoisotopic (exact) mass is 403 g/mol. The summed E-state index contributed by atoms with van der Waals surface area (Å²) >= 11 is 0. The molecule has 0 radical (unpaired) electrons. The number of aryl methyl sites for hydroxylation is 1. The van der Waals surface area contributed by atoms with Crippen LogP contribution >= 0.6 is 0 Å². The average Bonchev–Trinajstić information content (AvgIpc) is 2.92. The second-order valence-corrected chi connectivity index (χ2v) is 7.76. The lowest BCUT2D eigenvalue weighted by atomic mass is 9.92. The molecule has 0 unspecified atom stereocenters. The fourth-order valence-electron chi connectivity index (χ4n) is 4.11. The molecule has 1 aliphatic carbocycles. The highest BCUT2D eigenvalue weighted by atomic mass is 19.4. The summed E-state index contributed by atoms with van der Waals surface area (Å²) in [5, 5.41) is 10.4. The predicted molar refractivity (Wildman–Crippen MR) is 104 cm³/mol. The normalized spacial score (nSPS) is 18.5. The Kier molecular flexibility index (Phi) is 4.68. The summed E-state index contributed by atoms with van der Waals surface area (Å²) in [7, 11) is 0. The molecule has 7 heteroatoms. The van der Waals surface area contributed by atoms with Crippen LogP contribution in [-0.4, -0.2) is 28.2 Å². The van der Waals surface area contributed by atoms with E-state index < -0.39 is 18.0 Å². The van der Waals surface area contributed by atoms with Crippen molar-refractivity contribution in [3.05, 3.63) is 53.0 Å². The fourth-order valence-corrected chi connectivity index (χ4v) is 4.11. The van der Waals surface area contributed by atoms with Crippen LogP contribution in [0.3, 0.4) is 0 Å². The Hall–Kier alpha value is -2.75. The van der Waals surface area contributed by atoms with E-state index in [0.29, 0.717) is 27.9 Å². The molecular weight excluding hydrogens is 382 g/mol. The molecule has 1 fully saturated rings. The van der Waals surface area contributed by atoms with Crippen LogP contribution in [0.15, 0.2) is 30.4 Å². The van der Waals surface area contributed by atoms with Crippen LogP contribution in [0.4, 0.5) is 17.6 Å². The van der Waals surface area contributed by atoms with Crippen molar-refractivity contribution in [2.45, 2.75) is 51.4 Å². The lowest BCUT2D eigenvalue weighted by Gasteiger charge is -2.37. The number of halogens is 4.